The van der Waals surface area contributed by atoms with E-state index >= 15 is 0 Å². The number of benzene rings is 2. The molecule has 0 aliphatic carbocycles. The van der Waals surface area contributed by atoms with Gasteiger partial charge in [0.15, 0.2) is 0 Å². The van der Waals surface area contributed by atoms with Gasteiger partial charge in [-0.2, -0.15) is 0 Å². The molecule has 2 aromatic rings. The number of hydrogen-bond acceptors (Lipinski definition) is 3. The van der Waals surface area contributed by atoms with Crippen LogP contribution in [0.4, 0.5) is 11.4 Å². The lowest BCUT2D eigenvalue weighted by molar-refractivity contribution is -0.114. The lowest BCUT2D eigenvalue weighted by Crippen LogP contribution is -2.23. The van der Waals surface area contributed by atoms with Crippen molar-refractivity contribution in [2.75, 3.05) is 31.3 Å². The molecule has 0 radical (unpaired) electrons. The fourth-order valence-electron chi connectivity index (χ4n) is 2.42. The van der Waals surface area contributed by atoms with Gasteiger partial charge in [-0.1, -0.05) is 18.2 Å². The molecule has 0 heterocycles. The molecule has 2 aromatic carbocycles. The molecule has 0 aliphatic heterocycles. The summed E-state index contributed by atoms with van der Waals surface area (Å²) < 4.78 is 0. The fourth-order valence-corrected chi connectivity index (χ4v) is 2.42. The zero-order valence-corrected chi connectivity index (χ0v) is 14.5. The average molecular weight is 325 g/mol. The SMILES string of the molecule is Cc1cccc(C)c1NCC(=O)Nc1ccc(C(=O)N(C)C)cc1. The number of carbonyl (C=O) groups is 2. The van der Waals surface area contributed by atoms with Crippen molar-refractivity contribution in [2.45, 2.75) is 13.8 Å². The summed E-state index contributed by atoms with van der Waals surface area (Å²) in [4.78, 5) is 25.4. The van der Waals surface area contributed by atoms with E-state index < -0.39 is 0 Å². The number of anilines is 2. The fraction of sp³-hybridized carbons (Fsp3) is 0.263. The largest absolute Gasteiger partial charge is 0.376 e. The molecule has 2 rings (SSSR count). The quantitative estimate of drug-likeness (QED) is 0.888. The molecule has 0 atom stereocenters. The Kier molecular flexibility index (Phi) is 5.58. The standard InChI is InChI=1S/C19H23N3O2/c1-13-6-5-7-14(2)18(13)20-12-17(23)21-16-10-8-15(9-11-16)19(24)22(3)4/h5-11,20H,12H2,1-4H3,(H,21,23). The highest BCUT2D eigenvalue weighted by atomic mass is 16.2. The van der Waals surface area contributed by atoms with Crippen molar-refractivity contribution in [1.29, 1.82) is 0 Å². The molecule has 126 valence electrons. The Morgan fingerprint density at radius 3 is 2.08 bits per heavy atom. The van der Waals surface area contributed by atoms with Gasteiger partial charge >= 0.3 is 0 Å². The van der Waals surface area contributed by atoms with Crippen molar-refractivity contribution in [3.05, 3.63) is 59.2 Å². The Bertz CT molecular complexity index is 717. The van der Waals surface area contributed by atoms with Crippen molar-refractivity contribution in [3.8, 4) is 0 Å². The van der Waals surface area contributed by atoms with Crippen LogP contribution in [0.5, 0.6) is 0 Å². The van der Waals surface area contributed by atoms with Crippen LogP contribution in [0.1, 0.15) is 21.5 Å². The van der Waals surface area contributed by atoms with E-state index in [1.807, 2.05) is 32.0 Å². The van der Waals surface area contributed by atoms with Crippen molar-refractivity contribution < 1.29 is 9.59 Å². The number of nitrogens with one attached hydrogen (secondary N) is 2. The smallest absolute Gasteiger partial charge is 0.253 e. The highest BCUT2D eigenvalue weighted by Gasteiger charge is 2.09. The minimum Gasteiger partial charge on any atom is -0.376 e. The molecule has 2 N–H and O–H groups in total. The normalized spacial score (nSPS) is 10.2. The van der Waals surface area contributed by atoms with Crippen LogP contribution >= 0.6 is 0 Å². The first-order valence-electron chi connectivity index (χ1n) is 7.80. The number of carbonyl (C=O) groups excluding carboxylic acids is 2. The van der Waals surface area contributed by atoms with Gasteiger partial charge in [0.25, 0.3) is 5.91 Å². The molecule has 0 spiro atoms. The maximum Gasteiger partial charge on any atom is 0.253 e. The maximum absolute atomic E-state index is 12.1. The molecule has 24 heavy (non-hydrogen) atoms. The highest BCUT2D eigenvalue weighted by Crippen LogP contribution is 2.19. The van der Waals surface area contributed by atoms with Crippen LogP contribution < -0.4 is 10.6 Å². The van der Waals surface area contributed by atoms with Crippen LogP contribution in [0.2, 0.25) is 0 Å². The molecule has 5 nitrogen and oxygen atoms in total. The molecule has 0 aliphatic rings. The summed E-state index contributed by atoms with van der Waals surface area (Å²) in [5, 5.41) is 5.99. The summed E-state index contributed by atoms with van der Waals surface area (Å²) in [6.45, 7) is 4.20. The molecule has 2 amide bonds. The zero-order valence-electron chi connectivity index (χ0n) is 14.5. The minimum absolute atomic E-state index is 0.0652. The molecule has 0 saturated heterocycles. The summed E-state index contributed by atoms with van der Waals surface area (Å²) in [7, 11) is 3.41. The van der Waals surface area contributed by atoms with Crippen molar-refractivity contribution in [1.82, 2.24) is 4.90 Å². The second-order valence-electron chi connectivity index (χ2n) is 5.95. The summed E-state index contributed by atoms with van der Waals surface area (Å²) in [6.07, 6.45) is 0. The Morgan fingerprint density at radius 1 is 0.958 bits per heavy atom. The van der Waals surface area contributed by atoms with Crippen LogP contribution in [0.3, 0.4) is 0 Å². The van der Waals surface area contributed by atoms with Crippen LogP contribution in [0.25, 0.3) is 0 Å². The van der Waals surface area contributed by atoms with Gasteiger partial charge in [-0.15, -0.1) is 0 Å². The third kappa shape index (κ3) is 4.35. The van der Waals surface area contributed by atoms with Crippen LogP contribution in [-0.4, -0.2) is 37.4 Å². The first kappa shape index (κ1) is 17.5. The Morgan fingerprint density at radius 2 is 1.54 bits per heavy atom. The van der Waals surface area contributed by atoms with Crippen molar-refractivity contribution in [2.24, 2.45) is 0 Å². The van der Waals surface area contributed by atoms with Crippen molar-refractivity contribution >= 4 is 23.2 Å². The molecular weight excluding hydrogens is 302 g/mol. The van der Waals surface area contributed by atoms with E-state index in [9.17, 15) is 9.59 Å². The van der Waals surface area contributed by atoms with Gasteiger partial charge < -0.3 is 15.5 Å². The number of hydrogen-bond donors (Lipinski definition) is 2. The van der Waals surface area contributed by atoms with Gasteiger partial charge in [-0.25, -0.2) is 0 Å². The topological polar surface area (TPSA) is 61.4 Å². The Hall–Kier alpha value is -2.82. The lowest BCUT2D eigenvalue weighted by atomic mass is 10.1. The summed E-state index contributed by atoms with van der Waals surface area (Å²) in [5.41, 5.74) is 4.45. The number of rotatable bonds is 5. The molecule has 0 fully saturated rings. The van der Waals surface area contributed by atoms with E-state index in [1.54, 1.807) is 38.4 Å². The van der Waals surface area contributed by atoms with E-state index in [-0.39, 0.29) is 18.4 Å². The summed E-state index contributed by atoms with van der Waals surface area (Å²) in [5.74, 6) is -0.200. The minimum atomic E-state index is -0.135. The van der Waals surface area contributed by atoms with E-state index in [1.165, 1.54) is 4.90 Å². The highest BCUT2D eigenvalue weighted by molar-refractivity contribution is 5.96. The second kappa shape index (κ2) is 7.64. The molecule has 0 bridgehead atoms. The van der Waals surface area contributed by atoms with Gasteiger partial charge in [0.1, 0.15) is 0 Å². The summed E-state index contributed by atoms with van der Waals surface area (Å²) >= 11 is 0. The monoisotopic (exact) mass is 325 g/mol. The average Bonchev–Trinajstić information content (AvgIpc) is 2.54. The first-order chi connectivity index (χ1) is 11.4. The zero-order chi connectivity index (χ0) is 17.7. The summed E-state index contributed by atoms with van der Waals surface area (Å²) in [6, 6.07) is 12.9. The van der Waals surface area contributed by atoms with E-state index in [0.717, 1.165) is 16.8 Å². The lowest BCUT2D eigenvalue weighted by Gasteiger charge is -2.13. The maximum atomic E-state index is 12.1. The van der Waals surface area contributed by atoms with E-state index in [0.29, 0.717) is 11.3 Å². The molecule has 0 saturated carbocycles. The van der Waals surface area contributed by atoms with Crippen LogP contribution in [-0.2, 0) is 4.79 Å². The molecule has 0 unspecified atom stereocenters. The molecule has 0 aromatic heterocycles. The predicted octanol–water partition coefficient (Wildman–Crippen LogP) is 3.06. The number of amides is 2. The van der Waals surface area contributed by atoms with Gasteiger partial charge in [0, 0.05) is 31.0 Å². The third-order valence-corrected chi connectivity index (χ3v) is 3.73. The van der Waals surface area contributed by atoms with Gasteiger partial charge in [-0.3, -0.25) is 9.59 Å². The van der Waals surface area contributed by atoms with Crippen LogP contribution in [0, 0.1) is 13.8 Å². The third-order valence-electron chi connectivity index (χ3n) is 3.73. The second-order valence-corrected chi connectivity index (χ2v) is 5.95. The molecule has 5 heteroatoms. The number of para-hydroxylation sites is 1. The van der Waals surface area contributed by atoms with E-state index in [4.69, 9.17) is 0 Å². The number of nitrogens with zero attached hydrogens (tertiary/aromatic N) is 1. The van der Waals surface area contributed by atoms with Gasteiger partial charge in [0.05, 0.1) is 6.54 Å². The van der Waals surface area contributed by atoms with Crippen LogP contribution in [0.15, 0.2) is 42.5 Å². The van der Waals surface area contributed by atoms with Gasteiger partial charge in [-0.05, 0) is 49.2 Å². The first-order valence-corrected chi connectivity index (χ1v) is 7.80. The predicted molar refractivity (Wildman–Crippen MR) is 97.5 cm³/mol. The van der Waals surface area contributed by atoms with E-state index in [2.05, 4.69) is 10.6 Å². The molecular formula is C19H23N3O2. The Labute approximate surface area is 142 Å². The Balaban J connectivity index is 1.94. The number of aryl methyl sites for hydroxylation is 2. The van der Waals surface area contributed by atoms with Gasteiger partial charge in [0.2, 0.25) is 5.91 Å². The van der Waals surface area contributed by atoms with Crippen molar-refractivity contribution in [3.63, 3.8) is 0 Å².